The molecule has 1 heterocycles. The van der Waals surface area contributed by atoms with Crippen LogP contribution in [0.5, 0.6) is 0 Å². The van der Waals surface area contributed by atoms with Crippen molar-refractivity contribution in [2.24, 2.45) is 11.8 Å². The van der Waals surface area contributed by atoms with Crippen LogP contribution in [0.4, 0.5) is 5.69 Å². The Morgan fingerprint density at radius 2 is 2.13 bits per heavy atom. The Bertz CT molecular complexity index is 526. The largest absolute Gasteiger partial charge is 0.326 e. The summed E-state index contributed by atoms with van der Waals surface area (Å²) in [6.45, 7) is 4.42. The minimum Gasteiger partial charge on any atom is -0.326 e. The lowest BCUT2D eigenvalue weighted by Crippen LogP contribution is -2.34. The highest BCUT2D eigenvalue weighted by atomic mass is 35.5. The van der Waals surface area contributed by atoms with E-state index in [1.165, 1.54) is 36.8 Å². The summed E-state index contributed by atoms with van der Waals surface area (Å²) in [5.74, 6) is 1.27. The summed E-state index contributed by atoms with van der Waals surface area (Å²) >= 11 is 0. The van der Waals surface area contributed by atoms with E-state index in [0.29, 0.717) is 18.3 Å². The van der Waals surface area contributed by atoms with Gasteiger partial charge in [0.1, 0.15) is 0 Å². The Balaban J connectivity index is 0.00000192. The van der Waals surface area contributed by atoms with Gasteiger partial charge in [-0.2, -0.15) is 0 Å². The molecule has 3 nitrogen and oxygen atoms in total. The number of halogens is 1. The maximum absolute atomic E-state index is 12.4. The van der Waals surface area contributed by atoms with E-state index in [0.717, 1.165) is 31.6 Å². The smallest absolute Gasteiger partial charge is 0.224 e. The standard InChI is InChI=1S/C19H28N2O.ClH/c1-14(16-8-5-11-20-13-16)12-19(22)21-18-10-4-7-15-6-2-3-9-17(15)18;/h4,7,10,14,16,20H,2-3,5-6,8-9,11-13H2,1H3,(H,21,22);1H. The van der Waals surface area contributed by atoms with Crippen LogP contribution in [0.15, 0.2) is 18.2 Å². The molecule has 0 aromatic heterocycles. The lowest BCUT2D eigenvalue weighted by molar-refractivity contribution is -0.117. The lowest BCUT2D eigenvalue weighted by atomic mass is 9.85. The molecule has 23 heavy (non-hydrogen) atoms. The van der Waals surface area contributed by atoms with E-state index in [1.807, 2.05) is 0 Å². The summed E-state index contributed by atoms with van der Waals surface area (Å²) in [5.41, 5.74) is 3.85. The van der Waals surface area contributed by atoms with Crippen molar-refractivity contribution in [1.29, 1.82) is 0 Å². The van der Waals surface area contributed by atoms with Crippen molar-refractivity contribution in [2.75, 3.05) is 18.4 Å². The summed E-state index contributed by atoms with van der Waals surface area (Å²) in [4.78, 5) is 12.4. The number of carbonyl (C=O) groups is 1. The van der Waals surface area contributed by atoms with Gasteiger partial charge in [-0.25, -0.2) is 0 Å². The van der Waals surface area contributed by atoms with Gasteiger partial charge in [0.2, 0.25) is 5.91 Å². The maximum atomic E-state index is 12.4. The van der Waals surface area contributed by atoms with Crippen LogP contribution in [0.2, 0.25) is 0 Å². The molecule has 1 aromatic carbocycles. The van der Waals surface area contributed by atoms with Gasteiger partial charge < -0.3 is 10.6 Å². The van der Waals surface area contributed by atoms with Crippen LogP contribution in [-0.2, 0) is 17.6 Å². The number of anilines is 1. The van der Waals surface area contributed by atoms with Crippen molar-refractivity contribution in [1.82, 2.24) is 5.32 Å². The average molecular weight is 337 g/mol. The predicted octanol–water partition coefficient (Wildman–Crippen LogP) is 3.95. The minimum atomic E-state index is 0. The van der Waals surface area contributed by atoms with Crippen LogP contribution in [0.25, 0.3) is 0 Å². The first-order valence-corrected chi connectivity index (χ1v) is 8.85. The molecule has 0 radical (unpaired) electrons. The summed E-state index contributed by atoms with van der Waals surface area (Å²) in [5, 5.41) is 6.63. The normalized spacial score (nSPS) is 21.7. The fraction of sp³-hybridized carbons (Fsp3) is 0.632. The number of carbonyl (C=O) groups excluding carboxylic acids is 1. The molecule has 0 saturated carbocycles. The highest BCUT2D eigenvalue weighted by Gasteiger charge is 2.22. The quantitative estimate of drug-likeness (QED) is 0.874. The van der Waals surface area contributed by atoms with Crippen LogP contribution < -0.4 is 10.6 Å². The Morgan fingerprint density at radius 1 is 1.30 bits per heavy atom. The zero-order valence-electron chi connectivity index (χ0n) is 14.1. The molecule has 0 spiro atoms. The molecule has 1 amide bonds. The third-order valence-corrected chi connectivity index (χ3v) is 5.32. The highest BCUT2D eigenvalue weighted by molar-refractivity contribution is 5.91. The van der Waals surface area contributed by atoms with Crippen LogP contribution in [-0.4, -0.2) is 19.0 Å². The van der Waals surface area contributed by atoms with Crippen LogP contribution >= 0.6 is 12.4 Å². The monoisotopic (exact) mass is 336 g/mol. The molecule has 1 fully saturated rings. The predicted molar refractivity (Wildman–Crippen MR) is 98.3 cm³/mol. The van der Waals surface area contributed by atoms with Gasteiger partial charge in [-0.1, -0.05) is 19.1 Å². The molecule has 2 aliphatic rings. The number of aryl methyl sites for hydroxylation is 1. The number of hydrogen-bond donors (Lipinski definition) is 2. The number of fused-ring (bicyclic) bond motifs is 1. The summed E-state index contributed by atoms with van der Waals surface area (Å²) < 4.78 is 0. The van der Waals surface area contributed by atoms with Crippen molar-refractivity contribution >= 4 is 24.0 Å². The van der Waals surface area contributed by atoms with Gasteiger partial charge in [0.15, 0.2) is 0 Å². The van der Waals surface area contributed by atoms with Crippen molar-refractivity contribution in [3.8, 4) is 0 Å². The zero-order chi connectivity index (χ0) is 15.4. The van der Waals surface area contributed by atoms with Crippen molar-refractivity contribution in [3.63, 3.8) is 0 Å². The second-order valence-electron chi connectivity index (χ2n) is 6.99. The van der Waals surface area contributed by atoms with Gasteiger partial charge in [0.25, 0.3) is 0 Å². The number of nitrogens with one attached hydrogen (secondary N) is 2. The summed E-state index contributed by atoms with van der Waals surface area (Å²) in [7, 11) is 0. The molecule has 2 N–H and O–H groups in total. The molecule has 1 saturated heterocycles. The number of hydrogen-bond acceptors (Lipinski definition) is 2. The van der Waals surface area contributed by atoms with E-state index >= 15 is 0 Å². The van der Waals surface area contributed by atoms with Crippen LogP contribution in [0.1, 0.15) is 50.2 Å². The molecule has 128 valence electrons. The molecule has 3 rings (SSSR count). The molecule has 4 heteroatoms. The maximum Gasteiger partial charge on any atom is 0.224 e. The number of rotatable bonds is 4. The lowest BCUT2D eigenvalue weighted by Gasteiger charge is -2.28. The Hall–Kier alpha value is -1.06. The van der Waals surface area contributed by atoms with Gasteiger partial charge in [-0.15, -0.1) is 12.4 Å². The second kappa shape index (κ2) is 8.70. The summed E-state index contributed by atoms with van der Waals surface area (Å²) in [6.07, 6.45) is 7.90. The fourth-order valence-corrected chi connectivity index (χ4v) is 3.92. The van der Waals surface area contributed by atoms with Gasteiger partial charge in [0.05, 0.1) is 0 Å². The van der Waals surface area contributed by atoms with Crippen molar-refractivity contribution < 1.29 is 4.79 Å². The van der Waals surface area contributed by atoms with Gasteiger partial charge in [-0.3, -0.25) is 4.79 Å². The molecular formula is C19H29ClN2O. The fourth-order valence-electron chi connectivity index (χ4n) is 3.92. The Labute approximate surface area is 146 Å². The minimum absolute atomic E-state index is 0. The van der Waals surface area contributed by atoms with Crippen LogP contribution in [0, 0.1) is 11.8 Å². The second-order valence-corrected chi connectivity index (χ2v) is 6.99. The van der Waals surface area contributed by atoms with Gasteiger partial charge in [0, 0.05) is 12.1 Å². The van der Waals surface area contributed by atoms with E-state index in [1.54, 1.807) is 0 Å². The summed E-state index contributed by atoms with van der Waals surface area (Å²) in [6, 6.07) is 6.35. The number of piperidine rings is 1. The Kier molecular flexibility index (Phi) is 6.91. The topological polar surface area (TPSA) is 41.1 Å². The third kappa shape index (κ3) is 4.71. The zero-order valence-corrected chi connectivity index (χ0v) is 14.9. The van der Waals surface area contributed by atoms with E-state index < -0.39 is 0 Å². The van der Waals surface area contributed by atoms with E-state index in [2.05, 4.69) is 35.8 Å². The molecule has 1 aliphatic heterocycles. The van der Waals surface area contributed by atoms with E-state index in [9.17, 15) is 4.79 Å². The average Bonchev–Trinajstić information content (AvgIpc) is 2.56. The number of amides is 1. The van der Waals surface area contributed by atoms with Crippen molar-refractivity contribution in [3.05, 3.63) is 29.3 Å². The molecule has 2 atom stereocenters. The number of benzene rings is 1. The van der Waals surface area contributed by atoms with E-state index in [-0.39, 0.29) is 18.3 Å². The van der Waals surface area contributed by atoms with Crippen molar-refractivity contribution in [2.45, 2.75) is 51.9 Å². The first-order chi connectivity index (χ1) is 10.7. The van der Waals surface area contributed by atoms with Crippen LogP contribution in [0.3, 0.4) is 0 Å². The SMILES string of the molecule is CC(CC(=O)Nc1cccc2c1CCCC2)C1CCCNC1.Cl. The van der Waals surface area contributed by atoms with Gasteiger partial charge in [-0.05, 0) is 80.6 Å². The third-order valence-electron chi connectivity index (χ3n) is 5.32. The van der Waals surface area contributed by atoms with Gasteiger partial charge >= 0.3 is 0 Å². The molecule has 2 unspecified atom stereocenters. The van der Waals surface area contributed by atoms with E-state index in [4.69, 9.17) is 0 Å². The first kappa shape index (κ1) is 18.3. The molecule has 1 aromatic rings. The highest BCUT2D eigenvalue weighted by Crippen LogP contribution is 2.29. The molecule has 1 aliphatic carbocycles. The first-order valence-electron chi connectivity index (χ1n) is 8.85. The Morgan fingerprint density at radius 3 is 2.91 bits per heavy atom. The molecular weight excluding hydrogens is 308 g/mol. The molecule has 0 bridgehead atoms.